The fourth-order valence-electron chi connectivity index (χ4n) is 5.29. The number of aliphatic hydroxyl groups excluding tert-OH is 2. The maximum atomic E-state index is 12.0. The second-order valence-electron chi connectivity index (χ2n) is 8.29. The number of carbonyl (C=O) groups is 1. The van der Waals surface area contributed by atoms with E-state index in [0.717, 1.165) is 36.8 Å². The molecule has 2 aliphatic rings. The first kappa shape index (κ1) is 19.2. The van der Waals surface area contributed by atoms with Gasteiger partial charge in [-0.15, -0.1) is 0 Å². The van der Waals surface area contributed by atoms with E-state index in [9.17, 15) is 15.0 Å². The molecule has 0 aromatic rings. The number of carboxylic acid groups (broad SMARTS) is 1. The molecule has 2 rings (SSSR count). The molecule has 0 unspecified atom stereocenters. The molecule has 0 aromatic carbocycles. The van der Waals surface area contributed by atoms with E-state index in [1.54, 1.807) is 0 Å². The molecular weight excluding hydrogens is 304 g/mol. The molecule has 24 heavy (non-hydrogen) atoms. The third-order valence-corrected chi connectivity index (χ3v) is 6.86. The Balaban J connectivity index is 2.33. The predicted octanol–water partition coefficient (Wildman–Crippen LogP) is 3.54. The Kier molecular flexibility index (Phi) is 5.61. The molecule has 0 spiro atoms. The van der Waals surface area contributed by atoms with Gasteiger partial charge in [-0.3, -0.25) is 4.79 Å². The van der Waals surface area contributed by atoms with Gasteiger partial charge in [0, 0.05) is 0 Å². The van der Waals surface area contributed by atoms with E-state index in [4.69, 9.17) is 5.11 Å². The van der Waals surface area contributed by atoms with Crippen LogP contribution >= 0.6 is 0 Å². The zero-order valence-electron chi connectivity index (χ0n) is 15.2. The minimum Gasteiger partial charge on any atom is -0.481 e. The van der Waals surface area contributed by atoms with Crippen LogP contribution in [0.25, 0.3) is 0 Å². The topological polar surface area (TPSA) is 77.8 Å². The van der Waals surface area contributed by atoms with Crippen LogP contribution < -0.4 is 0 Å². The van der Waals surface area contributed by atoms with Gasteiger partial charge in [0.25, 0.3) is 0 Å². The van der Waals surface area contributed by atoms with E-state index >= 15 is 0 Å². The van der Waals surface area contributed by atoms with E-state index in [0.29, 0.717) is 12.8 Å². The summed E-state index contributed by atoms with van der Waals surface area (Å²) < 4.78 is 0. The molecule has 0 heterocycles. The molecule has 2 aliphatic carbocycles. The Morgan fingerprint density at radius 2 is 2.04 bits per heavy atom. The number of allylic oxidation sites excluding steroid dienone is 1. The molecule has 3 N–H and O–H groups in total. The maximum Gasteiger partial charge on any atom is 0.309 e. The quantitative estimate of drug-likeness (QED) is 0.671. The number of aliphatic hydroxyl groups is 2. The average Bonchev–Trinajstić information content (AvgIpc) is 2.50. The summed E-state index contributed by atoms with van der Waals surface area (Å²) in [7, 11) is 0. The first-order chi connectivity index (χ1) is 11.2. The van der Waals surface area contributed by atoms with Gasteiger partial charge >= 0.3 is 5.97 Å². The SMILES string of the molecule is C=C1[C@@H](O)C[C@@H]2[C@](C)(CCC[C@]2(C)C(=O)O)[C@H]1CC/C(C)=C/CO. The van der Waals surface area contributed by atoms with E-state index in [1.807, 2.05) is 19.9 Å². The highest BCUT2D eigenvalue weighted by molar-refractivity contribution is 5.75. The maximum absolute atomic E-state index is 12.0. The summed E-state index contributed by atoms with van der Waals surface area (Å²) in [6.07, 6.45) is 5.94. The van der Waals surface area contributed by atoms with Crippen LogP contribution in [0.15, 0.2) is 23.8 Å². The van der Waals surface area contributed by atoms with Gasteiger partial charge in [-0.05, 0) is 68.8 Å². The van der Waals surface area contributed by atoms with Crippen LogP contribution in [0, 0.1) is 22.7 Å². The lowest BCUT2D eigenvalue weighted by Gasteiger charge is -2.58. The fourth-order valence-corrected chi connectivity index (χ4v) is 5.29. The lowest BCUT2D eigenvalue weighted by atomic mass is 9.46. The molecule has 4 heteroatoms. The molecule has 2 saturated carbocycles. The monoisotopic (exact) mass is 336 g/mol. The zero-order valence-corrected chi connectivity index (χ0v) is 15.2. The van der Waals surface area contributed by atoms with Gasteiger partial charge in [0.1, 0.15) is 0 Å². The van der Waals surface area contributed by atoms with Crippen LogP contribution in [-0.2, 0) is 4.79 Å². The Labute approximate surface area is 145 Å². The highest BCUT2D eigenvalue weighted by atomic mass is 16.4. The zero-order chi connectivity index (χ0) is 18.1. The second-order valence-corrected chi connectivity index (χ2v) is 8.29. The first-order valence-corrected chi connectivity index (χ1v) is 9.03. The summed E-state index contributed by atoms with van der Waals surface area (Å²) in [5.74, 6) is -0.663. The van der Waals surface area contributed by atoms with E-state index in [-0.39, 0.29) is 23.9 Å². The molecule has 0 bridgehead atoms. The van der Waals surface area contributed by atoms with Gasteiger partial charge in [-0.2, -0.15) is 0 Å². The molecule has 2 fully saturated rings. The van der Waals surface area contributed by atoms with Crippen molar-refractivity contribution in [2.75, 3.05) is 6.61 Å². The minimum atomic E-state index is -0.775. The molecule has 136 valence electrons. The lowest BCUT2D eigenvalue weighted by Crippen LogP contribution is -2.56. The summed E-state index contributed by atoms with van der Waals surface area (Å²) >= 11 is 0. The number of aliphatic carboxylic acids is 1. The van der Waals surface area contributed by atoms with Gasteiger partial charge in [-0.25, -0.2) is 0 Å². The Hall–Kier alpha value is -1.13. The van der Waals surface area contributed by atoms with Crippen molar-refractivity contribution < 1.29 is 20.1 Å². The summed E-state index contributed by atoms with van der Waals surface area (Å²) in [4.78, 5) is 12.0. The third-order valence-electron chi connectivity index (χ3n) is 6.86. The van der Waals surface area contributed by atoms with Crippen molar-refractivity contribution in [2.45, 2.75) is 65.4 Å². The van der Waals surface area contributed by atoms with E-state index in [2.05, 4.69) is 13.5 Å². The Morgan fingerprint density at radius 3 is 2.62 bits per heavy atom. The van der Waals surface area contributed by atoms with E-state index < -0.39 is 17.5 Å². The van der Waals surface area contributed by atoms with Crippen LogP contribution in [0.3, 0.4) is 0 Å². The summed E-state index contributed by atoms with van der Waals surface area (Å²) in [5, 5.41) is 29.4. The van der Waals surface area contributed by atoms with E-state index in [1.165, 1.54) is 0 Å². The summed E-state index contributed by atoms with van der Waals surface area (Å²) in [5.41, 5.74) is 1.08. The third kappa shape index (κ3) is 3.18. The van der Waals surface area contributed by atoms with Crippen molar-refractivity contribution >= 4 is 5.97 Å². The van der Waals surface area contributed by atoms with Crippen molar-refractivity contribution in [3.63, 3.8) is 0 Å². The molecule has 4 nitrogen and oxygen atoms in total. The van der Waals surface area contributed by atoms with Gasteiger partial charge in [0.15, 0.2) is 0 Å². The normalized spacial score (nSPS) is 40.3. The highest BCUT2D eigenvalue weighted by Gasteiger charge is 2.58. The van der Waals surface area contributed by atoms with Crippen LogP contribution in [0.2, 0.25) is 0 Å². The van der Waals surface area contributed by atoms with Crippen LogP contribution in [0.1, 0.15) is 59.3 Å². The second kappa shape index (κ2) is 7.01. The number of rotatable bonds is 5. The number of fused-ring (bicyclic) bond motifs is 1. The van der Waals surface area contributed by atoms with Crippen LogP contribution in [0.4, 0.5) is 0 Å². The standard InChI is InChI=1S/C20H32O4/c1-13(8-11-21)6-7-15-14(2)16(22)12-17-19(15,3)9-5-10-20(17,4)18(23)24/h8,15-17,21-22H,2,5-7,9-12H2,1,3-4H3,(H,23,24)/b13-8+/t15-,16-,17+,19+,20-/m0/s1. The predicted molar refractivity (Wildman–Crippen MR) is 94.5 cm³/mol. The minimum absolute atomic E-state index is 0.0381. The lowest BCUT2D eigenvalue weighted by molar-refractivity contribution is -0.167. The number of hydrogen-bond acceptors (Lipinski definition) is 3. The first-order valence-electron chi connectivity index (χ1n) is 9.03. The molecule has 0 aromatic heterocycles. The molecule has 0 saturated heterocycles. The average molecular weight is 336 g/mol. The smallest absolute Gasteiger partial charge is 0.309 e. The Bertz CT molecular complexity index is 538. The molecule has 0 aliphatic heterocycles. The molecular formula is C20H32O4. The van der Waals surface area contributed by atoms with Crippen molar-refractivity contribution in [1.82, 2.24) is 0 Å². The fraction of sp³-hybridized carbons (Fsp3) is 0.750. The van der Waals surface area contributed by atoms with Gasteiger partial charge in [0.05, 0.1) is 18.1 Å². The van der Waals surface area contributed by atoms with Crippen LogP contribution in [0.5, 0.6) is 0 Å². The largest absolute Gasteiger partial charge is 0.481 e. The van der Waals surface area contributed by atoms with Crippen molar-refractivity contribution in [1.29, 1.82) is 0 Å². The number of carboxylic acids is 1. The van der Waals surface area contributed by atoms with Crippen molar-refractivity contribution in [3.8, 4) is 0 Å². The summed E-state index contributed by atoms with van der Waals surface area (Å²) in [6.45, 7) is 10.3. The van der Waals surface area contributed by atoms with Crippen molar-refractivity contribution in [2.24, 2.45) is 22.7 Å². The molecule has 0 amide bonds. The number of hydrogen-bond donors (Lipinski definition) is 3. The molecule has 0 radical (unpaired) electrons. The highest BCUT2D eigenvalue weighted by Crippen LogP contribution is 2.62. The van der Waals surface area contributed by atoms with Gasteiger partial charge in [0.2, 0.25) is 0 Å². The molecule has 5 atom stereocenters. The van der Waals surface area contributed by atoms with Crippen molar-refractivity contribution in [3.05, 3.63) is 23.8 Å². The van der Waals surface area contributed by atoms with Crippen LogP contribution in [-0.4, -0.2) is 34.0 Å². The Morgan fingerprint density at radius 1 is 1.38 bits per heavy atom. The summed E-state index contributed by atoms with van der Waals surface area (Å²) in [6, 6.07) is 0. The van der Waals surface area contributed by atoms with Gasteiger partial charge < -0.3 is 15.3 Å². The van der Waals surface area contributed by atoms with Gasteiger partial charge in [-0.1, -0.05) is 31.6 Å².